The Kier molecular flexibility index (Phi) is 5.42. The summed E-state index contributed by atoms with van der Waals surface area (Å²) in [7, 11) is 0. The number of carbonyl (C=O) groups is 2. The number of rotatable bonds is 4. The van der Waals surface area contributed by atoms with Gasteiger partial charge in [0.15, 0.2) is 0 Å². The van der Waals surface area contributed by atoms with Crippen LogP contribution < -0.4 is 10.6 Å². The van der Waals surface area contributed by atoms with Crippen LogP contribution in [0.5, 0.6) is 0 Å². The first-order valence-corrected chi connectivity index (χ1v) is 8.15. The van der Waals surface area contributed by atoms with Crippen molar-refractivity contribution in [3.8, 4) is 0 Å². The van der Waals surface area contributed by atoms with Crippen LogP contribution in [0.4, 0.5) is 14.5 Å². The SMILES string of the molecule is O=C(NCC(O)c1cccc2ccccc12)C(=O)Nc1ccc(F)cc1F. The summed E-state index contributed by atoms with van der Waals surface area (Å²) in [6.45, 7) is -0.202. The van der Waals surface area contributed by atoms with E-state index in [-0.39, 0.29) is 12.2 Å². The molecule has 3 aromatic rings. The normalized spacial score (nSPS) is 11.8. The second kappa shape index (κ2) is 7.92. The highest BCUT2D eigenvalue weighted by atomic mass is 19.1. The van der Waals surface area contributed by atoms with Gasteiger partial charge in [-0.1, -0.05) is 42.5 Å². The molecule has 0 aliphatic carbocycles. The zero-order chi connectivity index (χ0) is 19.4. The predicted octanol–water partition coefficient (Wildman–Crippen LogP) is 2.91. The Balaban J connectivity index is 1.63. The Labute approximate surface area is 153 Å². The smallest absolute Gasteiger partial charge is 0.313 e. The molecule has 0 aromatic heterocycles. The van der Waals surface area contributed by atoms with E-state index in [1.165, 1.54) is 0 Å². The predicted molar refractivity (Wildman–Crippen MR) is 96.9 cm³/mol. The molecule has 0 saturated heterocycles. The number of aliphatic hydroxyl groups excluding tert-OH is 1. The molecule has 0 saturated carbocycles. The van der Waals surface area contributed by atoms with Crippen molar-refractivity contribution in [1.82, 2.24) is 5.32 Å². The van der Waals surface area contributed by atoms with Gasteiger partial charge in [0.1, 0.15) is 11.6 Å². The first-order chi connectivity index (χ1) is 13.0. The van der Waals surface area contributed by atoms with Gasteiger partial charge in [-0.3, -0.25) is 9.59 Å². The van der Waals surface area contributed by atoms with Gasteiger partial charge in [0.25, 0.3) is 0 Å². The number of aliphatic hydroxyl groups is 1. The summed E-state index contributed by atoms with van der Waals surface area (Å²) in [5.74, 6) is -3.95. The average Bonchev–Trinajstić information content (AvgIpc) is 2.67. The molecule has 0 bridgehead atoms. The molecule has 7 heteroatoms. The molecule has 0 aliphatic heterocycles. The number of hydrogen-bond donors (Lipinski definition) is 3. The summed E-state index contributed by atoms with van der Waals surface area (Å²) in [5.41, 5.74) is 0.296. The zero-order valence-electron chi connectivity index (χ0n) is 14.1. The van der Waals surface area contributed by atoms with Gasteiger partial charge in [-0.15, -0.1) is 0 Å². The summed E-state index contributed by atoms with van der Waals surface area (Å²) in [4.78, 5) is 23.7. The maximum Gasteiger partial charge on any atom is 0.313 e. The molecule has 0 radical (unpaired) electrons. The topological polar surface area (TPSA) is 78.4 Å². The van der Waals surface area contributed by atoms with Gasteiger partial charge in [-0.2, -0.15) is 0 Å². The minimum atomic E-state index is -1.12. The fourth-order valence-corrected chi connectivity index (χ4v) is 2.69. The lowest BCUT2D eigenvalue weighted by atomic mass is 10.0. The second-order valence-electron chi connectivity index (χ2n) is 5.87. The number of anilines is 1. The van der Waals surface area contributed by atoms with E-state index < -0.39 is 29.6 Å². The molecular weight excluding hydrogens is 354 g/mol. The molecule has 1 unspecified atom stereocenters. The van der Waals surface area contributed by atoms with E-state index in [1.807, 2.05) is 30.3 Å². The van der Waals surface area contributed by atoms with Gasteiger partial charge in [-0.25, -0.2) is 8.78 Å². The molecule has 0 aliphatic rings. The Morgan fingerprint density at radius 1 is 0.963 bits per heavy atom. The maximum absolute atomic E-state index is 13.5. The van der Waals surface area contributed by atoms with Crippen molar-refractivity contribution in [3.05, 3.63) is 77.9 Å². The quantitative estimate of drug-likeness (QED) is 0.618. The van der Waals surface area contributed by atoms with Crippen molar-refractivity contribution in [1.29, 1.82) is 0 Å². The van der Waals surface area contributed by atoms with Gasteiger partial charge in [0.05, 0.1) is 11.8 Å². The highest BCUT2D eigenvalue weighted by Crippen LogP contribution is 2.23. The summed E-state index contributed by atoms with van der Waals surface area (Å²) in [6.07, 6.45) is -1.03. The standard InChI is InChI=1S/C20H16F2N2O3/c21-13-8-9-17(16(22)10-13)24-20(27)19(26)23-11-18(25)15-7-3-5-12-4-1-2-6-14(12)15/h1-10,18,25H,11H2,(H,23,26)(H,24,27). The van der Waals surface area contributed by atoms with Crippen LogP contribution in [0.15, 0.2) is 60.7 Å². The number of halogens is 2. The number of hydrogen-bond acceptors (Lipinski definition) is 3. The van der Waals surface area contributed by atoms with Crippen molar-refractivity contribution < 1.29 is 23.5 Å². The van der Waals surface area contributed by atoms with Crippen molar-refractivity contribution in [2.24, 2.45) is 0 Å². The minimum absolute atomic E-state index is 0.202. The molecule has 0 fully saturated rings. The molecule has 27 heavy (non-hydrogen) atoms. The molecule has 5 nitrogen and oxygen atoms in total. The van der Waals surface area contributed by atoms with Crippen molar-refractivity contribution in [2.45, 2.75) is 6.10 Å². The lowest BCUT2D eigenvalue weighted by Gasteiger charge is -2.14. The van der Waals surface area contributed by atoms with E-state index in [4.69, 9.17) is 0 Å². The van der Waals surface area contributed by atoms with Crippen LogP contribution >= 0.6 is 0 Å². The van der Waals surface area contributed by atoms with Crippen LogP contribution in [0.25, 0.3) is 10.8 Å². The third kappa shape index (κ3) is 4.27. The Morgan fingerprint density at radius 3 is 2.48 bits per heavy atom. The monoisotopic (exact) mass is 370 g/mol. The van der Waals surface area contributed by atoms with Crippen LogP contribution in [0.1, 0.15) is 11.7 Å². The molecule has 138 valence electrons. The van der Waals surface area contributed by atoms with Crippen molar-refractivity contribution in [3.63, 3.8) is 0 Å². The molecule has 2 amide bonds. The maximum atomic E-state index is 13.5. The van der Waals surface area contributed by atoms with Crippen LogP contribution in [-0.4, -0.2) is 23.5 Å². The van der Waals surface area contributed by atoms with E-state index in [2.05, 4.69) is 10.6 Å². The van der Waals surface area contributed by atoms with E-state index in [0.717, 1.165) is 22.9 Å². The average molecular weight is 370 g/mol. The van der Waals surface area contributed by atoms with Crippen molar-refractivity contribution >= 4 is 28.3 Å². The molecule has 3 N–H and O–H groups in total. The first kappa shape index (κ1) is 18.5. The fraction of sp³-hybridized carbons (Fsp3) is 0.100. The Hall–Kier alpha value is -3.32. The summed E-state index contributed by atoms with van der Waals surface area (Å²) in [5, 5.41) is 16.5. The lowest BCUT2D eigenvalue weighted by Crippen LogP contribution is -2.37. The molecule has 3 aromatic carbocycles. The molecule has 3 rings (SSSR count). The Bertz CT molecular complexity index is 1000. The summed E-state index contributed by atoms with van der Waals surface area (Å²) >= 11 is 0. The largest absolute Gasteiger partial charge is 0.387 e. The summed E-state index contributed by atoms with van der Waals surface area (Å²) in [6, 6.07) is 15.4. The van der Waals surface area contributed by atoms with Crippen LogP contribution in [0, 0.1) is 11.6 Å². The number of carbonyl (C=O) groups excluding carboxylic acids is 2. The van der Waals surface area contributed by atoms with Crippen molar-refractivity contribution in [2.75, 3.05) is 11.9 Å². The van der Waals surface area contributed by atoms with E-state index >= 15 is 0 Å². The number of amides is 2. The summed E-state index contributed by atoms with van der Waals surface area (Å²) < 4.78 is 26.4. The molecule has 0 spiro atoms. The highest BCUT2D eigenvalue weighted by Gasteiger charge is 2.18. The lowest BCUT2D eigenvalue weighted by molar-refractivity contribution is -0.136. The van der Waals surface area contributed by atoms with E-state index in [1.54, 1.807) is 12.1 Å². The number of fused-ring (bicyclic) bond motifs is 1. The second-order valence-corrected chi connectivity index (χ2v) is 5.87. The van der Waals surface area contributed by atoms with Crippen LogP contribution in [0.2, 0.25) is 0 Å². The zero-order valence-corrected chi connectivity index (χ0v) is 14.1. The molecule has 0 heterocycles. The number of nitrogens with one attached hydrogen (secondary N) is 2. The van der Waals surface area contributed by atoms with E-state index in [0.29, 0.717) is 11.6 Å². The molecular formula is C20H16F2N2O3. The number of benzene rings is 3. The van der Waals surface area contributed by atoms with Gasteiger partial charge in [0.2, 0.25) is 0 Å². The Morgan fingerprint density at radius 2 is 1.70 bits per heavy atom. The van der Waals surface area contributed by atoms with E-state index in [9.17, 15) is 23.5 Å². The highest BCUT2D eigenvalue weighted by molar-refractivity contribution is 6.39. The van der Waals surface area contributed by atoms with Gasteiger partial charge >= 0.3 is 11.8 Å². The van der Waals surface area contributed by atoms with Gasteiger partial charge in [0, 0.05) is 12.6 Å². The van der Waals surface area contributed by atoms with Gasteiger partial charge < -0.3 is 15.7 Å². The van der Waals surface area contributed by atoms with Crippen LogP contribution in [0.3, 0.4) is 0 Å². The molecule has 1 atom stereocenters. The van der Waals surface area contributed by atoms with Crippen LogP contribution in [-0.2, 0) is 9.59 Å². The third-order valence-corrected chi connectivity index (χ3v) is 4.02. The third-order valence-electron chi connectivity index (χ3n) is 4.02. The minimum Gasteiger partial charge on any atom is -0.387 e. The first-order valence-electron chi connectivity index (χ1n) is 8.15. The van der Waals surface area contributed by atoms with Gasteiger partial charge in [-0.05, 0) is 28.5 Å². The fourth-order valence-electron chi connectivity index (χ4n) is 2.69.